The van der Waals surface area contributed by atoms with Gasteiger partial charge in [-0.2, -0.15) is 5.10 Å². The van der Waals surface area contributed by atoms with E-state index in [0.717, 1.165) is 24.1 Å². The summed E-state index contributed by atoms with van der Waals surface area (Å²) in [6.07, 6.45) is 5.56. The van der Waals surface area contributed by atoms with E-state index in [1.165, 1.54) is 0 Å². The number of hydrogen-bond acceptors (Lipinski definition) is 4. The predicted molar refractivity (Wildman–Crippen MR) is 87.7 cm³/mol. The largest absolute Gasteiger partial charge is 0.347 e. The predicted octanol–water partition coefficient (Wildman–Crippen LogP) is 1.78. The van der Waals surface area contributed by atoms with Crippen molar-refractivity contribution in [1.82, 2.24) is 14.7 Å². The molecule has 3 heterocycles. The molecule has 2 aliphatic heterocycles. The van der Waals surface area contributed by atoms with E-state index in [-0.39, 0.29) is 5.91 Å². The molecule has 6 heteroatoms. The van der Waals surface area contributed by atoms with Gasteiger partial charge in [-0.05, 0) is 17.7 Å². The molecule has 2 aromatic rings. The molecule has 6 nitrogen and oxygen atoms in total. The molecule has 1 aromatic heterocycles. The first-order valence-corrected chi connectivity index (χ1v) is 8.39. The normalized spacial score (nSPS) is 19.8. The summed E-state index contributed by atoms with van der Waals surface area (Å²) in [5.74, 6) is -0.301. The number of ether oxygens (including phenoxy) is 2. The Hall–Kier alpha value is -2.18. The van der Waals surface area contributed by atoms with Gasteiger partial charge in [-0.3, -0.25) is 4.79 Å². The van der Waals surface area contributed by atoms with Gasteiger partial charge in [0, 0.05) is 32.1 Å². The molecule has 2 fully saturated rings. The van der Waals surface area contributed by atoms with Crippen LogP contribution < -0.4 is 0 Å². The summed E-state index contributed by atoms with van der Waals surface area (Å²) in [5, 5.41) is 4.35. The third-order valence-electron chi connectivity index (χ3n) is 4.70. The quantitative estimate of drug-likeness (QED) is 0.862. The summed E-state index contributed by atoms with van der Waals surface area (Å²) >= 11 is 0. The molecular weight excluding hydrogens is 306 g/mol. The number of benzene rings is 1. The van der Waals surface area contributed by atoms with Gasteiger partial charge in [-0.1, -0.05) is 18.2 Å². The Morgan fingerprint density at radius 1 is 1.12 bits per heavy atom. The fourth-order valence-corrected chi connectivity index (χ4v) is 3.34. The van der Waals surface area contributed by atoms with Crippen LogP contribution in [0.1, 0.15) is 18.4 Å². The third kappa shape index (κ3) is 3.07. The van der Waals surface area contributed by atoms with E-state index < -0.39 is 5.79 Å². The Kier molecular flexibility index (Phi) is 4.08. The first kappa shape index (κ1) is 15.4. The fourth-order valence-electron chi connectivity index (χ4n) is 3.34. The van der Waals surface area contributed by atoms with E-state index >= 15 is 0 Å². The molecular formula is C18H21N3O3. The second kappa shape index (κ2) is 6.37. The number of para-hydroxylation sites is 1. The number of carbonyl (C=O) groups is 1. The smallest absolute Gasteiger partial charge is 0.227 e. The highest BCUT2D eigenvalue weighted by Gasteiger charge is 2.40. The molecule has 1 aromatic carbocycles. The maximum absolute atomic E-state index is 12.5. The highest BCUT2D eigenvalue weighted by Crippen LogP contribution is 2.31. The van der Waals surface area contributed by atoms with Gasteiger partial charge in [0.1, 0.15) is 0 Å². The minimum Gasteiger partial charge on any atom is -0.347 e. The Morgan fingerprint density at radius 2 is 1.83 bits per heavy atom. The number of likely N-dealkylation sites (tertiary alicyclic amines) is 1. The minimum absolute atomic E-state index is 0.135. The van der Waals surface area contributed by atoms with E-state index in [1.807, 2.05) is 41.4 Å². The molecule has 1 amide bonds. The van der Waals surface area contributed by atoms with E-state index in [4.69, 9.17) is 9.47 Å². The van der Waals surface area contributed by atoms with Crippen LogP contribution in [0.2, 0.25) is 0 Å². The summed E-state index contributed by atoms with van der Waals surface area (Å²) in [6.45, 7) is 2.69. The summed E-state index contributed by atoms with van der Waals surface area (Å²) < 4.78 is 13.2. The summed E-state index contributed by atoms with van der Waals surface area (Å²) in [7, 11) is 0. The number of hydrogen-bond donors (Lipinski definition) is 0. The molecule has 2 saturated heterocycles. The lowest BCUT2D eigenvalue weighted by atomic mass is 10.0. The second-order valence-corrected chi connectivity index (χ2v) is 6.29. The molecule has 0 radical (unpaired) electrons. The van der Waals surface area contributed by atoms with Gasteiger partial charge in [0.15, 0.2) is 5.79 Å². The molecule has 0 atom stereocenters. The minimum atomic E-state index is -0.436. The van der Waals surface area contributed by atoms with E-state index in [2.05, 4.69) is 5.10 Å². The first-order valence-electron chi connectivity index (χ1n) is 8.39. The van der Waals surface area contributed by atoms with E-state index in [1.54, 1.807) is 10.9 Å². The van der Waals surface area contributed by atoms with Crippen molar-refractivity contribution in [2.24, 2.45) is 0 Å². The maximum Gasteiger partial charge on any atom is 0.227 e. The van der Waals surface area contributed by atoms with Crippen LogP contribution in [0.25, 0.3) is 5.69 Å². The fraction of sp³-hybridized carbons (Fsp3) is 0.444. The zero-order valence-electron chi connectivity index (χ0n) is 13.6. The van der Waals surface area contributed by atoms with Crippen molar-refractivity contribution in [3.8, 4) is 5.69 Å². The van der Waals surface area contributed by atoms with Crippen molar-refractivity contribution in [2.45, 2.75) is 25.0 Å². The molecule has 0 unspecified atom stereocenters. The molecule has 0 saturated carbocycles. The van der Waals surface area contributed by atoms with Crippen LogP contribution in [0.4, 0.5) is 0 Å². The average molecular weight is 327 g/mol. The van der Waals surface area contributed by atoms with Crippen molar-refractivity contribution >= 4 is 5.91 Å². The Bertz CT molecular complexity index is 697. The zero-order valence-corrected chi connectivity index (χ0v) is 13.6. The van der Waals surface area contributed by atoms with Crippen LogP contribution in [0.3, 0.4) is 0 Å². The maximum atomic E-state index is 12.5. The molecule has 0 N–H and O–H groups in total. The number of amides is 1. The molecule has 0 aliphatic carbocycles. The molecule has 126 valence electrons. The number of nitrogens with zero attached hydrogens (tertiary/aromatic N) is 3. The highest BCUT2D eigenvalue weighted by molar-refractivity contribution is 5.78. The summed E-state index contributed by atoms with van der Waals surface area (Å²) in [4.78, 5) is 14.4. The van der Waals surface area contributed by atoms with Crippen molar-refractivity contribution < 1.29 is 14.3 Å². The number of rotatable bonds is 3. The highest BCUT2D eigenvalue weighted by atomic mass is 16.7. The first-order chi connectivity index (χ1) is 11.7. The van der Waals surface area contributed by atoms with Crippen LogP contribution in [0.15, 0.2) is 42.7 Å². The van der Waals surface area contributed by atoms with Gasteiger partial charge in [0.2, 0.25) is 5.91 Å². The van der Waals surface area contributed by atoms with Gasteiger partial charge < -0.3 is 14.4 Å². The SMILES string of the molecule is O=C(Cc1cnn(-c2ccccc2)c1)N1CCC2(CC1)OCCO2. The van der Waals surface area contributed by atoms with Crippen LogP contribution in [0, 0.1) is 0 Å². The number of aromatic nitrogens is 2. The van der Waals surface area contributed by atoms with Gasteiger partial charge in [-0.25, -0.2) is 4.68 Å². The van der Waals surface area contributed by atoms with Gasteiger partial charge in [0.25, 0.3) is 0 Å². The second-order valence-electron chi connectivity index (χ2n) is 6.29. The number of carbonyl (C=O) groups excluding carboxylic acids is 1. The van der Waals surface area contributed by atoms with Crippen LogP contribution in [0.5, 0.6) is 0 Å². The Balaban J connectivity index is 1.36. The third-order valence-corrected chi connectivity index (χ3v) is 4.70. The lowest BCUT2D eigenvalue weighted by Crippen LogP contribution is -2.47. The monoisotopic (exact) mass is 327 g/mol. The van der Waals surface area contributed by atoms with Crippen molar-refractivity contribution in [3.63, 3.8) is 0 Å². The number of piperidine rings is 1. The molecule has 1 spiro atoms. The zero-order chi connectivity index (χ0) is 16.4. The van der Waals surface area contributed by atoms with Crippen molar-refractivity contribution in [1.29, 1.82) is 0 Å². The van der Waals surface area contributed by atoms with Crippen LogP contribution >= 0.6 is 0 Å². The van der Waals surface area contributed by atoms with Gasteiger partial charge in [0.05, 0.1) is 31.5 Å². The Labute approximate surface area is 141 Å². The van der Waals surface area contributed by atoms with E-state index in [9.17, 15) is 4.79 Å². The van der Waals surface area contributed by atoms with Crippen LogP contribution in [-0.2, 0) is 20.7 Å². The lowest BCUT2D eigenvalue weighted by Gasteiger charge is -2.37. The average Bonchev–Trinajstić information content (AvgIpc) is 3.26. The van der Waals surface area contributed by atoms with E-state index in [0.29, 0.717) is 32.7 Å². The summed E-state index contributed by atoms with van der Waals surface area (Å²) in [5.41, 5.74) is 1.92. The standard InChI is InChI=1S/C18H21N3O3/c22-17(20-8-6-18(7-9-20)23-10-11-24-18)12-15-13-19-21(14-15)16-4-2-1-3-5-16/h1-5,13-14H,6-12H2. The van der Waals surface area contributed by atoms with Crippen molar-refractivity contribution in [2.75, 3.05) is 26.3 Å². The summed E-state index contributed by atoms with van der Waals surface area (Å²) in [6, 6.07) is 9.89. The molecule has 24 heavy (non-hydrogen) atoms. The molecule has 4 rings (SSSR count). The van der Waals surface area contributed by atoms with Gasteiger partial charge in [-0.15, -0.1) is 0 Å². The topological polar surface area (TPSA) is 56.6 Å². The molecule has 2 aliphatic rings. The van der Waals surface area contributed by atoms with Crippen molar-refractivity contribution in [3.05, 3.63) is 48.3 Å². The Morgan fingerprint density at radius 3 is 2.54 bits per heavy atom. The lowest BCUT2D eigenvalue weighted by molar-refractivity contribution is -0.187. The van der Waals surface area contributed by atoms with Crippen LogP contribution in [-0.4, -0.2) is 52.7 Å². The molecule has 0 bridgehead atoms. The van der Waals surface area contributed by atoms with Gasteiger partial charge >= 0.3 is 0 Å².